The van der Waals surface area contributed by atoms with E-state index in [9.17, 15) is 9.59 Å². The predicted molar refractivity (Wildman–Crippen MR) is 174 cm³/mol. The highest BCUT2D eigenvalue weighted by Gasteiger charge is 2.10. The second-order valence-corrected chi connectivity index (χ2v) is 13.5. The van der Waals surface area contributed by atoms with Crippen LogP contribution in [-0.2, 0) is 9.59 Å². The SMILES string of the molecule is CC(C)CCCC(C)CCCC(C)CCCC(C)CC(=O)O.CCCCCCCCCCCCCCCC(=O)O. The van der Waals surface area contributed by atoms with Crippen molar-refractivity contribution in [1.82, 2.24) is 0 Å². The van der Waals surface area contributed by atoms with Crippen LogP contribution in [0.25, 0.3) is 0 Å². The van der Waals surface area contributed by atoms with Gasteiger partial charge in [-0.2, -0.15) is 0 Å². The monoisotopic (exact) mass is 569 g/mol. The predicted octanol–water partition coefficient (Wildman–Crippen LogP) is 12.1. The van der Waals surface area contributed by atoms with E-state index < -0.39 is 11.9 Å². The summed E-state index contributed by atoms with van der Waals surface area (Å²) in [6.45, 7) is 13.7. The molecule has 40 heavy (non-hydrogen) atoms. The first-order chi connectivity index (χ1) is 19.1. The topological polar surface area (TPSA) is 74.6 Å². The maximum atomic E-state index is 10.6. The molecule has 0 bridgehead atoms. The zero-order chi connectivity index (χ0) is 30.4. The van der Waals surface area contributed by atoms with Gasteiger partial charge in [-0.1, -0.05) is 176 Å². The molecule has 2 N–H and O–H groups in total. The molecule has 4 heteroatoms. The van der Waals surface area contributed by atoms with Gasteiger partial charge in [-0.05, 0) is 30.1 Å². The highest BCUT2D eigenvalue weighted by atomic mass is 16.4. The molecule has 240 valence electrons. The smallest absolute Gasteiger partial charge is 0.303 e. The summed E-state index contributed by atoms with van der Waals surface area (Å²) in [6.07, 6.45) is 29.3. The molecular formula is C36H72O4. The van der Waals surface area contributed by atoms with Gasteiger partial charge < -0.3 is 10.2 Å². The van der Waals surface area contributed by atoms with Crippen molar-refractivity contribution < 1.29 is 19.8 Å². The molecule has 3 unspecified atom stereocenters. The van der Waals surface area contributed by atoms with Crippen molar-refractivity contribution in [2.24, 2.45) is 23.7 Å². The van der Waals surface area contributed by atoms with Gasteiger partial charge in [0.2, 0.25) is 0 Å². The number of carboxylic acids is 2. The van der Waals surface area contributed by atoms with Crippen molar-refractivity contribution in [2.75, 3.05) is 0 Å². The Labute approximate surface area is 250 Å². The van der Waals surface area contributed by atoms with Gasteiger partial charge in [0, 0.05) is 12.8 Å². The van der Waals surface area contributed by atoms with Crippen molar-refractivity contribution in [3.8, 4) is 0 Å². The summed E-state index contributed by atoms with van der Waals surface area (Å²) in [5, 5.41) is 17.2. The van der Waals surface area contributed by atoms with Crippen LogP contribution in [0, 0.1) is 23.7 Å². The van der Waals surface area contributed by atoms with E-state index in [1.54, 1.807) is 0 Å². The van der Waals surface area contributed by atoms with E-state index in [0.717, 1.165) is 37.0 Å². The van der Waals surface area contributed by atoms with Gasteiger partial charge in [0.25, 0.3) is 0 Å². The normalized spacial score (nSPS) is 13.5. The maximum absolute atomic E-state index is 10.6. The molecule has 3 atom stereocenters. The number of hydrogen-bond donors (Lipinski definition) is 2. The second kappa shape index (κ2) is 30.9. The molecule has 0 aromatic carbocycles. The Morgan fingerprint density at radius 1 is 0.450 bits per heavy atom. The average molecular weight is 569 g/mol. The van der Waals surface area contributed by atoms with Crippen molar-refractivity contribution >= 4 is 11.9 Å². The zero-order valence-corrected chi connectivity index (χ0v) is 28.0. The summed E-state index contributed by atoms with van der Waals surface area (Å²) in [5.41, 5.74) is 0. The molecule has 0 saturated heterocycles. The Hall–Kier alpha value is -1.06. The lowest BCUT2D eigenvalue weighted by Crippen LogP contribution is -2.05. The van der Waals surface area contributed by atoms with E-state index in [4.69, 9.17) is 10.2 Å². The molecule has 0 fully saturated rings. The zero-order valence-electron chi connectivity index (χ0n) is 28.0. The summed E-state index contributed by atoms with van der Waals surface area (Å²) >= 11 is 0. The van der Waals surface area contributed by atoms with Crippen LogP contribution in [0.1, 0.15) is 196 Å². The number of carboxylic acid groups (broad SMARTS) is 2. The minimum atomic E-state index is -0.660. The molecule has 0 aliphatic carbocycles. The van der Waals surface area contributed by atoms with Crippen LogP contribution in [-0.4, -0.2) is 22.2 Å². The van der Waals surface area contributed by atoms with Gasteiger partial charge in [-0.25, -0.2) is 0 Å². The second-order valence-electron chi connectivity index (χ2n) is 13.5. The minimum Gasteiger partial charge on any atom is -0.481 e. The highest BCUT2D eigenvalue weighted by Crippen LogP contribution is 2.22. The molecule has 0 heterocycles. The molecule has 0 spiro atoms. The fourth-order valence-electron chi connectivity index (χ4n) is 5.49. The first-order valence-corrected chi connectivity index (χ1v) is 17.5. The summed E-state index contributed by atoms with van der Waals surface area (Å²) < 4.78 is 0. The van der Waals surface area contributed by atoms with E-state index in [-0.39, 0.29) is 0 Å². The number of aliphatic carboxylic acids is 2. The summed E-state index contributed by atoms with van der Waals surface area (Å²) in [5.74, 6) is 1.52. The number of rotatable bonds is 28. The lowest BCUT2D eigenvalue weighted by Gasteiger charge is -2.15. The van der Waals surface area contributed by atoms with Crippen LogP contribution in [0.15, 0.2) is 0 Å². The average Bonchev–Trinajstić information content (AvgIpc) is 2.86. The fraction of sp³-hybridized carbons (Fsp3) is 0.944. The molecular weight excluding hydrogens is 496 g/mol. The lowest BCUT2D eigenvalue weighted by atomic mass is 9.91. The third kappa shape index (κ3) is 36.9. The van der Waals surface area contributed by atoms with Gasteiger partial charge in [0.15, 0.2) is 0 Å². The van der Waals surface area contributed by atoms with E-state index in [1.165, 1.54) is 122 Å². The Balaban J connectivity index is 0. The Morgan fingerprint density at radius 2 is 0.800 bits per heavy atom. The Bertz CT molecular complexity index is 545. The molecule has 4 nitrogen and oxygen atoms in total. The highest BCUT2D eigenvalue weighted by molar-refractivity contribution is 5.67. The standard InChI is InChI=1S/C20H40O2.C16H32O2/c1-16(2)9-6-10-17(3)11-7-12-18(4)13-8-14-19(5)15-20(21)22;1-2-3-4-5-6-7-8-9-10-11-12-13-14-15-16(17)18/h16-19H,6-15H2,1-5H3,(H,21,22);2-15H2,1H3,(H,17,18). The van der Waals surface area contributed by atoms with E-state index in [0.29, 0.717) is 18.8 Å². The van der Waals surface area contributed by atoms with Crippen LogP contribution >= 0.6 is 0 Å². The fourth-order valence-corrected chi connectivity index (χ4v) is 5.49. The van der Waals surface area contributed by atoms with Crippen LogP contribution in [0.2, 0.25) is 0 Å². The van der Waals surface area contributed by atoms with Crippen LogP contribution in [0.4, 0.5) is 0 Å². The Morgan fingerprint density at radius 3 is 1.15 bits per heavy atom. The van der Waals surface area contributed by atoms with Crippen molar-refractivity contribution in [3.63, 3.8) is 0 Å². The molecule has 0 aliphatic rings. The number of carbonyl (C=O) groups is 2. The Kier molecular flexibility index (Phi) is 31.7. The summed E-state index contributed by atoms with van der Waals surface area (Å²) in [6, 6.07) is 0. The maximum Gasteiger partial charge on any atom is 0.303 e. The van der Waals surface area contributed by atoms with Gasteiger partial charge >= 0.3 is 11.9 Å². The van der Waals surface area contributed by atoms with E-state index in [2.05, 4.69) is 41.5 Å². The first-order valence-electron chi connectivity index (χ1n) is 17.5. The third-order valence-electron chi connectivity index (χ3n) is 8.28. The third-order valence-corrected chi connectivity index (χ3v) is 8.28. The lowest BCUT2D eigenvalue weighted by molar-refractivity contribution is -0.138. The first kappa shape index (κ1) is 41.1. The van der Waals surface area contributed by atoms with Gasteiger partial charge in [-0.15, -0.1) is 0 Å². The number of unbranched alkanes of at least 4 members (excludes halogenated alkanes) is 12. The number of hydrogen-bond acceptors (Lipinski definition) is 2. The van der Waals surface area contributed by atoms with Gasteiger partial charge in [0.05, 0.1) is 0 Å². The van der Waals surface area contributed by atoms with Gasteiger partial charge in [0.1, 0.15) is 0 Å². The van der Waals surface area contributed by atoms with E-state index in [1.807, 2.05) is 0 Å². The summed E-state index contributed by atoms with van der Waals surface area (Å²) in [4.78, 5) is 20.9. The van der Waals surface area contributed by atoms with Crippen molar-refractivity contribution in [1.29, 1.82) is 0 Å². The molecule has 0 rings (SSSR count). The van der Waals surface area contributed by atoms with Crippen LogP contribution in [0.5, 0.6) is 0 Å². The van der Waals surface area contributed by atoms with E-state index >= 15 is 0 Å². The summed E-state index contributed by atoms with van der Waals surface area (Å²) in [7, 11) is 0. The largest absolute Gasteiger partial charge is 0.481 e. The quantitative estimate of drug-likeness (QED) is 0.0920. The molecule has 0 aromatic heterocycles. The van der Waals surface area contributed by atoms with Crippen LogP contribution < -0.4 is 0 Å². The van der Waals surface area contributed by atoms with Crippen molar-refractivity contribution in [2.45, 2.75) is 196 Å². The van der Waals surface area contributed by atoms with Gasteiger partial charge in [-0.3, -0.25) is 9.59 Å². The molecule has 0 aromatic rings. The molecule has 0 saturated carbocycles. The van der Waals surface area contributed by atoms with Crippen LogP contribution in [0.3, 0.4) is 0 Å². The van der Waals surface area contributed by atoms with Crippen molar-refractivity contribution in [3.05, 3.63) is 0 Å². The molecule has 0 amide bonds. The molecule has 0 radical (unpaired) electrons. The minimum absolute atomic E-state index is 0.322. The molecule has 0 aliphatic heterocycles.